The molecule has 14 heteroatoms. The van der Waals surface area contributed by atoms with Crippen molar-refractivity contribution in [1.29, 1.82) is 0 Å². The number of nitrogen functional groups attached to an aromatic ring is 1. The lowest BCUT2D eigenvalue weighted by Gasteiger charge is -2.36. The number of likely N-dealkylation sites (tertiary alicyclic amines) is 1. The summed E-state index contributed by atoms with van der Waals surface area (Å²) in [6.07, 6.45) is 0.738. The number of amides is 1. The minimum Gasteiger partial charge on any atom is -0.534 e. The third-order valence-electron chi connectivity index (χ3n) is 6.42. The van der Waals surface area contributed by atoms with Crippen LogP contribution in [0.5, 0.6) is 5.75 Å². The number of aromatic carboxylic acids is 1. The minimum absolute atomic E-state index is 0.0645. The summed E-state index contributed by atoms with van der Waals surface area (Å²) in [6.45, 7) is 1.85. The molecule has 4 rings (SSSR count). The maximum atomic E-state index is 13.3. The number of hydrogen-bond acceptors (Lipinski definition) is 11. The number of aliphatic hydroxyl groups excluding tert-OH is 1. The largest absolute Gasteiger partial charge is 0.547 e. The summed E-state index contributed by atoms with van der Waals surface area (Å²) < 4.78 is 5.46. The van der Waals surface area contributed by atoms with Crippen LogP contribution in [-0.4, -0.2) is 76.0 Å². The van der Waals surface area contributed by atoms with Crippen LogP contribution in [-0.2, 0) is 11.2 Å². The van der Waals surface area contributed by atoms with Gasteiger partial charge in [0.05, 0.1) is 17.2 Å². The summed E-state index contributed by atoms with van der Waals surface area (Å²) >= 11 is 1.17. The number of aliphatic hydroxyl groups is 1. The van der Waals surface area contributed by atoms with Gasteiger partial charge in [0.15, 0.2) is 11.5 Å². The van der Waals surface area contributed by atoms with E-state index in [9.17, 15) is 24.8 Å². The monoisotopic (exact) mass is 504 g/mol. The van der Waals surface area contributed by atoms with Crippen molar-refractivity contribution in [3.05, 3.63) is 40.4 Å². The highest BCUT2D eigenvalue weighted by Gasteiger charge is 2.40. The average Bonchev–Trinajstić information content (AvgIpc) is 3.28. The lowest BCUT2D eigenvalue weighted by molar-refractivity contribution is -0.127. The Morgan fingerprint density at radius 2 is 2.09 bits per heavy atom. The Balaban J connectivity index is 1.48. The molecule has 1 aromatic heterocycles. The standard InChI is InChI=1S/C21H29BN6O6S/c23-9-11-4-6-28(7-5-11)21(32)27-16(14-10-35-20(24)25-14)18(29)26-15-8-12-2-1-3-13(19(30)31)17(12)34-22(15)33/h1-3,10-11,15-16,21,27,32-33H,4-9,23H2,(H2,24,25)(H,26,29)(H,30,31)/t15-,16?,21?/m0/s1. The highest BCUT2D eigenvalue weighted by molar-refractivity contribution is 7.13. The number of hydrogen-bond donors (Lipinski definition) is 7. The molecule has 3 heterocycles. The second kappa shape index (κ2) is 10.9. The summed E-state index contributed by atoms with van der Waals surface area (Å²) in [7, 11) is -1.46. The molecule has 3 atom stereocenters. The maximum absolute atomic E-state index is 13.3. The summed E-state index contributed by atoms with van der Waals surface area (Å²) in [5, 5.41) is 38.3. The fourth-order valence-electron chi connectivity index (χ4n) is 4.40. The fourth-order valence-corrected chi connectivity index (χ4v) is 4.99. The number of para-hydroxylation sites is 1. The van der Waals surface area contributed by atoms with Crippen LogP contribution in [0.3, 0.4) is 0 Å². The van der Waals surface area contributed by atoms with Gasteiger partial charge in [-0.15, -0.1) is 11.3 Å². The van der Waals surface area contributed by atoms with Gasteiger partial charge in [0.1, 0.15) is 11.8 Å². The number of rotatable bonds is 8. The number of carbonyl (C=O) groups excluding carboxylic acids is 1. The Morgan fingerprint density at radius 1 is 1.34 bits per heavy atom. The van der Waals surface area contributed by atoms with Crippen LogP contribution in [0.15, 0.2) is 23.6 Å². The molecular formula is C21H29BN6O6S. The number of carboxylic acid groups (broad SMARTS) is 1. The summed E-state index contributed by atoms with van der Waals surface area (Å²) in [4.78, 5) is 30.8. The topological polar surface area (TPSA) is 196 Å². The predicted octanol–water partition coefficient (Wildman–Crippen LogP) is -0.860. The zero-order chi connectivity index (χ0) is 25.1. The maximum Gasteiger partial charge on any atom is 0.547 e. The van der Waals surface area contributed by atoms with E-state index in [0.717, 1.165) is 12.8 Å². The molecule has 0 bridgehead atoms. The van der Waals surface area contributed by atoms with Crippen molar-refractivity contribution in [1.82, 2.24) is 20.5 Å². The van der Waals surface area contributed by atoms with Crippen molar-refractivity contribution in [2.45, 2.75) is 37.6 Å². The lowest BCUT2D eigenvalue weighted by atomic mass is 9.72. The number of fused-ring (bicyclic) bond motifs is 1. The van der Waals surface area contributed by atoms with Crippen LogP contribution in [0.4, 0.5) is 5.13 Å². The van der Waals surface area contributed by atoms with Crippen LogP contribution in [0.1, 0.15) is 40.5 Å². The Hall–Kier alpha value is -2.75. The number of carbonyl (C=O) groups is 2. The van der Waals surface area contributed by atoms with E-state index >= 15 is 0 Å². The number of piperidine rings is 1. The van der Waals surface area contributed by atoms with Gasteiger partial charge < -0.3 is 36.7 Å². The van der Waals surface area contributed by atoms with Gasteiger partial charge in [-0.05, 0) is 43.4 Å². The molecule has 1 saturated heterocycles. The van der Waals surface area contributed by atoms with Gasteiger partial charge in [0, 0.05) is 18.5 Å². The lowest BCUT2D eigenvalue weighted by Crippen LogP contribution is -2.57. The molecule has 2 unspecified atom stereocenters. The Kier molecular flexibility index (Phi) is 7.89. The van der Waals surface area contributed by atoms with Crippen LogP contribution < -0.4 is 26.8 Å². The molecule has 9 N–H and O–H groups in total. The zero-order valence-corrected chi connectivity index (χ0v) is 19.8. The van der Waals surface area contributed by atoms with Gasteiger partial charge in [0.25, 0.3) is 0 Å². The molecule has 0 spiro atoms. The highest BCUT2D eigenvalue weighted by Crippen LogP contribution is 2.30. The van der Waals surface area contributed by atoms with Gasteiger partial charge in [0.2, 0.25) is 5.91 Å². The number of thiazole rings is 1. The number of nitrogens with two attached hydrogens (primary N) is 2. The van der Waals surface area contributed by atoms with E-state index in [4.69, 9.17) is 16.1 Å². The molecule has 35 heavy (non-hydrogen) atoms. The Bertz CT molecular complexity index is 1060. The molecular weight excluding hydrogens is 475 g/mol. The first-order valence-corrected chi connectivity index (χ1v) is 12.2. The van der Waals surface area contributed by atoms with E-state index in [1.807, 2.05) is 4.90 Å². The molecule has 0 saturated carbocycles. The minimum atomic E-state index is -1.46. The summed E-state index contributed by atoms with van der Waals surface area (Å²) in [6, 6.07) is 3.59. The summed E-state index contributed by atoms with van der Waals surface area (Å²) in [5.74, 6) is -2.08. The zero-order valence-electron chi connectivity index (χ0n) is 19.0. The first-order chi connectivity index (χ1) is 16.8. The second-order valence-corrected chi connectivity index (χ2v) is 9.62. The van der Waals surface area contributed by atoms with Gasteiger partial charge in [-0.25, -0.2) is 9.78 Å². The van der Waals surface area contributed by atoms with Crippen molar-refractivity contribution in [2.75, 3.05) is 25.4 Å². The number of benzene rings is 1. The molecule has 188 valence electrons. The molecule has 2 aliphatic heterocycles. The van der Waals surface area contributed by atoms with Gasteiger partial charge in [-0.1, -0.05) is 12.1 Å². The van der Waals surface area contributed by atoms with E-state index in [1.54, 1.807) is 17.5 Å². The van der Waals surface area contributed by atoms with E-state index in [1.165, 1.54) is 17.4 Å². The van der Waals surface area contributed by atoms with Crippen molar-refractivity contribution in [3.8, 4) is 5.75 Å². The molecule has 2 aliphatic rings. The average molecular weight is 504 g/mol. The van der Waals surface area contributed by atoms with E-state index in [0.29, 0.717) is 36.8 Å². The number of anilines is 1. The quantitative estimate of drug-likeness (QED) is 0.175. The summed E-state index contributed by atoms with van der Waals surface area (Å²) in [5.41, 5.74) is 12.3. The van der Waals surface area contributed by atoms with Crippen molar-refractivity contribution in [3.63, 3.8) is 0 Å². The highest BCUT2D eigenvalue weighted by atomic mass is 32.1. The predicted molar refractivity (Wildman–Crippen MR) is 129 cm³/mol. The van der Waals surface area contributed by atoms with Crippen molar-refractivity contribution in [2.24, 2.45) is 11.7 Å². The Labute approximate surface area is 206 Å². The number of aromatic nitrogens is 1. The van der Waals surface area contributed by atoms with Gasteiger partial charge in [-0.3, -0.25) is 15.0 Å². The third kappa shape index (κ3) is 5.74. The van der Waals surface area contributed by atoms with Crippen LogP contribution in [0.25, 0.3) is 0 Å². The number of nitrogens with zero attached hydrogens (tertiary/aromatic N) is 2. The third-order valence-corrected chi connectivity index (χ3v) is 7.11. The van der Waals surface area contributed by atoms with Crippen LogP contribution >= 0.6 is 11.3 Å². The number of nitrogens with one attached hydrogen (secondary N) is 2. The number of carboxylic acids is 1. The SMILES string of the molecule is NCC1CCN(C(O)NC(C(=O)N[C@H]2Cc3cccc(C(=O)O)c3OB2O)c2csc(N)n2)CC1. The molecule has 2 aromatic rings. The van der Waals surface area contributed by atoms with Crippen molar-refractivity contribution < 1.29 is 29.5 Å². The fraction of sp³-hybridized carbons (Fsp3) is 0.476. The van der Waals surface area contributed by atoms with Crippen molar-refractivity contribution >= 4 is 35.5 Å². The first-order valence-electron chi connectivity index (χ1n) is 11.4. The molecule has 0 radical (unpaired) electrons. The molecule has 1 fully saturated rings. The molecule has 1 aromatic carbocycles. The first kappa shape index (κ1) is 25.4. The van der Waals surface area contributed by atoms with Gasteiger partial charge in [-0.2, -0.15) is 0 Å². The molecule has 1 amide bonds. The van der Waals surface area contributed by atoms with Gasteiger partial charge >= 0.3 is 13.1 Å². The van der Waals surface area contributed by atoms with E-state index in [2.05, 4.69) is 15.6 Å². The van der Waals surface area contributed by atoms with Crippen LogP contribution in [0.2, 0.25) is 0 Å². The second-order valence-electron chi connectivity index (χ2n) is 8.73. The smallest absolute Gasteiger partial charge is 0.534 e. The van der Waals surface area contributed by atoms with E-state index in [-0.39, 0.29) is 22.9 Å². The molecule has 12 nitrogen and oxygen atoms in total. The Morgan fingerprint density at radius 3 is 2.71 bits per heavy atom. The molecule has 0 aliphatic carbocycles. The van der Waals surface area contributed by atoms with E-state index < -0.39 is 37.3 Å². The van der Waals surface area contributed by atoms with Crippen LogP contribution in [0, 0.1) is 5.92 Å². The normalized spacial score (nSPS) is 20.5.